The maximum absolute atomic E-state index is 13.7. The van der Waals surface area contributed by atoms with Gasteiger partial charge in [0.05, 0.1) is 10.0 Å². The summed E-state index contributed by atoms with van der Waals surface area (Å²) in [5.74, 6) is -2.47. The van der Waals surface area contributed by atoms with Crippen LogP contribution in [0.3, 0.4) is 0 Å². The highest BCUT2D eigenvalue weighted by Crippen LogP contribution is 2.38. The molecule has 0 spiro atoms. The minimum atomic E-state index is -1.31. The lowest BCUT2D eigenvalue weighted by Gasteiger charge is -2.11. The van der Waals surface area contributed by atoms with Gasteiger partial charge in [0.25, 0.3) is 0 Å². The molecule has 0 unspecified atom stereocenters. The highest BCUT2D eigenvalue weighted by Gasteiger charge is 2.18. The molecule has 0 aliphatic rings. The summed E-state index contributed by atoms with van der Waals surface area (Å²) in [4.78, 5) is 11.1. The minimum absolute atomic E-state index is 0.0625. The molecule has 0 aliphatic carbocycles. The topological polar surface area (TPSA) is 46.5 Å². The molecular formula is C13H6BrCl2FO3. The van der Waals surface area contributed by atoms with Gasteiger partial charge in [0.15, 0.2) is 11.6 Å². The van der Waals surface area contributed by atoms with Crippen molar-refractivity contribution in [3.63, 3.8) is 0 Å². The van der Waals surface area contributed by atoms with E-state index >= 15 is 0 Å². The van der Waals surface area contributed by atoms with E-state index in [9.17, 15) is 9.18 Å². The molecule has 104 valence electrons. The van der Waals surface area contributed by atoms with Crippen LogP contribution in [0.15, 0.2) is 34.8 Å². The third-order valence-corrected chi connectivity index (χ3v) is 3.88. The number of carboxylic acids is 1. The first-order valence-corrected chi connectivity index (χ1v) is 6.79. The van der Waals surface area contributed by atoms with Crippen molar-refractivity contribution >= 4 is 45.1 Å². The number of rotatable bonds is 3. The minimum Gasteiger partial charge on any atom is -0.478 e. The van der Waals surface area contributed by atoms with Crippen LogP contribution in [0.2, 0.25) is 10.0 Å². The molecule has 0 saturated heterocycles. The van der Waals surface area contributed by atoms with Crippen molar-refractivity contribution in [2.45, 2.75) is 0 Å². The van der Waals surface area contributed by atoms with Crippen molar-refractivity contribution in [2.75, 3.05) is 0 Å². The Bertz CT molecular complexity index is 692. The van der Waals surface area contributed by atoms with Gasteiger partial charge in [-0.15, -0.1) is 0 Å². The molecule has 0 saturated carbocycles. The van der Waals surface area contributed by atoms with Crippen LogP contribution in [0.1, 0.15) is 10.4 Å². The molecule has 0 atom stereocenters. The van der Waals surface area contributed by atoms with E-state index in [1.54, 1.807) is 0 Å². The number of halogens is 4. The average molecular weight is 380 g/mol. The Kier molecular flexibility index (Phi) is 4.52. The summed E-state index contributed by atoms with van der Waals surface area (Å²) in [6, 6.07) is 6.44. The van der Waals surface area contributed by atoms with E-state index in [2.05, 4.69) is 15.9 Å². The van der Waals surface area contributed by atoms with Gasteiger partial charge in [-0.3, -0.25) is 0 Å². The number of aromatic carboxylic acids is 1. The molecule has 0 bridgehead atoms. The molecule has 0 radical (unpaired) electrons. The Morgan fingerprint density at radius 3 is 2.60 bits per heavy atom. The van der Waals surface area contributed by atoms with Crippen molar-refractivity contribution in [1.29, 1.82) is 0 Å². The summed E-state index contributed by atoms with van der Waals surface area (Å²) in [7, 11) is 0. The van der Waals surface area contributed by atoms with E-state index < -0.39 is 17.5 Å². The second-order valence-corrected chi connectivity index (χ2v) is 5.39. The van der Waals surface area contributed by atoms with Gasteiger partial charge in [0, 0.05) is 10.5 Å². The molecule has 1 N–H and O–H groups in total. The average Bonchev–Trinajstić information content (AvgIpc) is 2.37. The summed E-state index contributed by atoms with van der Waals surface area (Å²) < 4.78 is 19.6. The first-order chi connectivity index (χ1) is 9.40. The quantitative estimate of drug-likeness (QED) is 0.727. The van der Waals surface area contributed by atoms with Crippen molar-refractivity contribution in [3.05, 3.63) is 56.2 Å². The number of para-hydroxylation sites is 1. The molecule has 0 aliphatic heterocycles. The van der Waals surface area contributed by atoms with Crippen LogP contribution in [0.25, 0.3) is 0 Å². The van der Waals surface area contributed by atoms with Gasteiger partial charge in [-0.2, -0.15) is 0 Å². The van der Waals surface area contributed by atoms with Crippen molar-refractivity contribution in [1.82, 2.24) is 0 Å². The van der Waals surface area contributed by atoms with Crippen LogP contribution in [0.4, 0.5) is 4.39 Å². The number of ether oxygens (including phenoxy) is 1. The fourth-order valence-electron chi connectivity index (χ4n) is 1.47. The number of hydrogen-bond acceptors (Lipinski definition) is 2. The van der Waals surface area contributed by atoms with E-state index in [0.29, 0.717) is 9.50 Å². The van der Waals surface area contributed by atoms with Crippen LogP contribution in [0.5, 0.6) is 11.5 Å². The number of carbonyl (C=O) groups is 1. The van der Waals surface area contributed by atoms with Crippen LogP contribution in [-0.4, -0.2) is 11.1 Å². The number of benzene rings is 2. The van der Waals surface area contributed by atoms with E-state index in [0.717, 1.165) is 6.07 Å². The van der Waals surface area contributed by atoms with E-state index in [4.69, 9.17) is 33.0 Å². The third-order valence-electron chi connectivity index (χ3n) is 2.38. The van der Waals surface area contributed by atoms with E-state index in [-0.39, 0.29) is 16.3 Å². The summed E-state index contributed by atoms with van der Waals surface area (Å²) in [5.41, 5.74) is -0.305. The van der Waals surface area contributed by atoms with Gasteiger partial charge in [-0.25, -0.2) is 9.18 Å². The van der Waals surface area contributed by atoms with Gasteiger partial charge in [0.1, 0.15) is 11.3 Å². The maximum Gasteiger partial charge on any atom is 0.339 e. The second kappa shape index (κ2) is 5.99. The van der Waals surface area contributed by atoms with Gasteiger partial charge in [-0.1, -0.05) is 29.3 Å². The molecular weight excluding hydrogens is 374 g/mol. The molecule has 0 fully saturated rings. The van der Waals surface area contributed by atoms with Crippen LogP contribution in [-0.2, 0) is 0 Å². The predicted molar refractivity (Wildman–Crippen MR) is 77.6 cm³/mol. The molecule has 2 aromatic carbocycles. The molecule has 20 heavy (non-hydrogen) atoms. The van der Waals surface area contributed by atoms with E-state index in [1.165, 1.54) is 24.3 Å². The zero-order chi connectivity index (χ0) is 14.9. The highest BCUT2D eigenvalue weighted by atomic mass is 79.9. The molecule has 0 aromatic heterocycles. The van der Waals surface area contributed by atoms with Crippen molar-refractivity contribution in [3.8, 4) is 11.5 Å². The SMILES string of the molecule is O=C(O)c1cccc(F)c1Oc1cc(Cl)c(Br)cc1Cl. The van der Waals surface area contributed by atoms with Gasteiger partial charge in [0.2, 0.25) is 0 Å². The molecule has 0 amide bonds. The standard InChI is InChI=1S/C13H6BrCl2FO3/c14-7-4-9(16)11(5-8(7)15)20-12-6(13(18)19)2-1-3-10(12)17/h1-5H,(H,18,19). The summed E-state index contributed by atoms with van der Waals surface area (Å²) in [6.45, 7) is 0. The molecule has 3 nitrogen and oxygen atoms in total. The largest absolute Gasteiger partial charge is 0.478 e. The van der Waals surface area contributed by atoms with Gasteiger partial charge >= 0.3 is 5.97 Å². The first-order valence-electron chi connectivity index (χ1n) is 5.24. The Labute approximate surface area is 132 Å². The second-order valence-electron chi connectivity index (χ2n) is 3.72. The Morgan fingerprint density at radius 2 is 1.95 bits per heavy atom. The first kappa shape index (κ1) is 15.1. The van der Waals surface area contributed by atoms with Gasteiger partial charge < -0.3 is 9.84 Å². The Hall–Kier alpha value is -1.30. The van der Waals surface area contributed by atoms with E-state index in [1.807, 2.05) is 0 Å². The van der Waals surface area contributed by atoms with Crippen LogP contribution < -0.4 is 4.74 Å². The maximum atomic E-state index is 13.7. The number of carboxylic acid groups (broad SMARTS) is 1. The predicted octanol–water partition coefficient (Wildman–Crippen LogP) is 5.39. The summed E-state index contributed by atoms with van der Waals surface area (Å²) in [6.07, 6.45) is 0. The monoisotopic (exact) mass is 378 g/mol. The summed E-state index contributed by atoms with van der Waals surface area (Å²) in [5, 5.41) is 9.49. The molecule has 2 aromatic rings. The molecule has 7 heteroatoms. The highest BCUT2D eigenvalue weighted by molar-refractivity contribution is 9.10. The van der Waals surface area contributed by atoms with Crippen molar-refractivity contribution < 1.29 is 19.0 Å². The third kappa shape index (κ3) is 3.06. The fraction of sp³-hybridized carbons (Fsp3) is 0. The van der Waals surface area contributed by atoms with Crippen molar-refractivity contribution in [2.24, 2.45) is 0 Å². The normalized spacial score (nSPS) is 10.4. The zero-order valence-corrected chi connectivity index (χ0v) is 12.8. The molecule has 2 rings (SSSR count). The Balaban J connectivity index is 2.50. The van der Waals surface area contributed by atoms with Crippen LogP contribution in [0, 0.1) is 5.82 Å². The fourth-order valence-corrected chi connectivity index (χ4v) is 2.30. The Morgan fingerprint density at radius 1 is 1.25 bits per heavy atom. The van der Waals surface area contributed by atoms with Gasteiger partial charge in [-0.05, 0) is 34.1 Å². The summed E-state index contributed by atoms with van der Waals surface area (Å²) >= 11 is 15.0. The lowest BCUT2D eigenvalue weighted by molar-refractivity contribution is 0.0693. The van der Waals surface area contributed by atoms with Crippen LogP contribution >= 0.6 is 39.1 Å². The lowest BCUT2D eigenvalue weighted by Crippen LogP contribution is -2.02. The smallest absolute Gasteiger partial charge is 0.339 e. The molecule has 0 heterocycles. The number of hydrogen-bond donors (Lipinski definition) is 1. The zero-order valence-electron chi connectivity index (χ0n) is 9.66. The lowest BCUT2D eigenvalue weighted by atomic mass is 10.2.